The molecule has 5 heteroatoms. The van der Waals surface area contributed by atoms with Crippen molar-refractivity contribution in [2.75, 3.05) is 0 Å². The van der Waals surface area contributed by atoms with Crippen molar-refractivity contribution in [1.29, 1.82) is 0 Å². The first-order valence-electron chi connectivity index (χ1n) is 10.3. The monoisotopic (exact) mass is 412 g/mol. The van der Waals surface area contributed by atoms with Gasteiger partial charge in [-0.15, -0.1) is 0 Å². The standard InChI is InChI=1S/C24H29ClN2O2/c1-17-8-7-9-19(14-17)15-23(28)27(16-20-10-3-6-13-22(20)25)18(2)24(29)26-21-11-4-5-12-21/h3,6-10,13-14,18,21H,4-5,11-12,15-16H2,1-2H3,(H,26,29). The summed E-state index contributed by atoms with van der Waals surface area (Å²) in [7, 11) is 0. The van der Waals surface area contributed by atoms with E-state index in [1.807, 2.05) is 55.5 Å². The maximum atomic E-state index is 13.2. The van der Waals surface area contributed by atoms with Gasteiger partial charge in [0.2, 0.25) is 11.8 Å². The Morgan fingerprint density at radius 2 is 1.86 bits per heavy atom. The molecule has 0 spiro atoms. The van der Waals surface area contributed by atoms with E-state index in [4.69, 9.17) is 11.6 Å². The molecule has 1 N–H and O–H groups in total. The number of carbonyl (C=O) groups is 2. The van der Waals surface area contributed by atoms with Crippen molar-refractivity contribution in [2.24, 2.45) is 0 Å². The molecule has 1 atom stereocenters. The van der Waals surface area contributed by atoms with Gasteiger partial charge in [-0.25, -0.2) is 0 Å². The minimum absolute atomic E-state index is 0.0791. The molecule has 154 valence electrons. The van der Waals surface area contributed by atoms with Gasteiger partial charge in [0, 0.05) is 17.6 Å². The van der Waals surface area contributed by atoms with E-state index < -0.39 is 6.04 Å². The highest BCUT2D eigenvalue weighted by Gasteiger charge is 2.28. The number of nitrogens with zero attached hydrogens (tertiary/aromatic N) is 1. The minimum atomic E-state index is -0.566. The molecule has 0 saturated heterocycles. The fraction of sp³-hybridized carbons (Fsp3) is 0.417. The van der Waals surface area contributed by atoms with Gasteiger partial charge in [0.1, 0.15) is 6.04 Å². The highest BCUT2D eigenvalue weighted by molar-refractivity contribution is 6.31. The molecule has 1 fully saturated rings. The maximum absolute atomic E-state index is 13.2. The summed E-state index contributed by atoms with van der Waals surface area (Å²) >= 11 is 6.34. The molecule has 2 amide bonds. The Bertz CT molecular complexity index is 861. The molecule has 1 aliphatic carbocycles. The summed E-state index contributed by atoms with van der Waals surface area (Å²) in [5.74, 6) is -0.175. The van der Waals surface area contributed by atoms with Gasteiger partial charge in [-0.05, 0) is 43.9 Å². The Balaban J connectivity index is 1.78. The molecule has 3 rings (SSSR count). The van der Waals surface area contributed by atoms with Crippen molar-refractivity contribution in [3.8, 4) is 0 Å². The second-order valence-electron chi connectivity index (χ2n) is 7.94. The van der Waals surface area contributed by atoms with E-state index in [0.717, 1.165) is 42.4 Å². The first-order chi connectivity index (χ1) is 13.9. The van der Waals surface area contributed by atoms with E-state index in [1.165, 1.54) is 0 Å². The number of benzene rings is 2. The first kappa shape index (κ1) is 21.4. The van der Waals surface area contributed by atoms with Crippen LogP contribution >= 0.6 is 11.6 Å². The van der Waals surface area contributed by atoms with Crippen LogP contribution in [0.5, 0.6) is 0 Å². The molecule has 0 radical (unpaired) electrons. The normalized spacial score (nSPS) is 15.1. The number of hydrogen-bond donors (Lipinski definition) is 1. The van der Waals surface area contributed by atoms with Crippen LogP contribution in [0.25, 0.3) is 0 Å². The number of rotatable bonds is 7. The third-order valence-corrected chi connectivity index (χ3v) is 5.97. The molecule has 1 saturated carbocycles. The lowest BCUT2D eigenvalue weighted by molar-refractivity contribution is -0.140. The molecular formula is C24H29ClN2O2. The molecule has 1 aliphatic rings. The lowest BCUT2D eigenvalue weighted by Crippen LogP contribution is -2.50. The molecule has 0 aromatic heterocycles. The average molecular weight is 413 g/mol. The summed E-state index contributed by atoms with van der Waals surface area (Å²) < 4.78 is 0. The summed E-state index contributed by atoms with van der Waals surface area (Å²) in [6.45, 7) is 4.12. The van der Waals surface area contributed by atoms with E-state index in [0.29, 0.717) is 11.6 Å². The van der Waals surface area contributed by atoms with Crippen LogP contribution in [0.3, 0.4) is 0 Å². The maximum Gasteiger partial charge on any atom is 0.242 e. The van der Waals surface area contributed by atoms with Crippen LogP contribution in [0.15, 0.2) is 48.5 Å². The van der Waals surface area contributed by atoms with Gasteiger partial charge < -0.3 is 10.2 Å². The molecule has 29 heavy (non-hydrogen) atoms. The second kappa shape index (κ2) is 9.93. The Kier molecular flexibility index (Phi) is 7.32. The quantitative estimate of drug-likeness (QED) is 0.718. The van der Waals surface area contributed by atoms with Crippen LogP contribution < -0.4 is 5.32 Å². The van der Waals surface area contributed by atoms with Crippen LogP contribution in [0.2, 0.25) is 5.02 Å². The molecular weight excluding hydrogens is 384 g/mol. The first-order valence-corrected chi connectivity index (χ1v) is 10.7. The number of aryl methyl sites for hydroxylation is 1. The van der Waals surface area contributed by atoms with Crippen LogP contribution in [0, 0.1) is 6.92 Å². The molecule has 4 nitrogen and oxygen atoms in total. The number of nitrogens with one attached hydrogen (secondary N) is 1. The Morgan fingerprint density at radius 1 is 1.14 bits per heavy atom. The lowest BCUT2D eigenvalue weighted by atomic mass is 10.1. The van der Waals surface area contributed by atoms with Crippen LogP contribution in [-0.4, -0.2) is 28.8 Å². The SMILES string of the molecule is Cc1cccc(CC(=O)N(Cc2ccccc2Cl)C(C)C(=O)NC2CCCC2)c1. The fourth-order valence-electron chi connectivity index (χ4n) is 3.88. The molecule has 2 aromatic rings. The lowest BCUT2D eigenvalue weighted by Gasteiger charge is -2.30. The van der Waals surface area contributed by atoms with Gasteiger partial charge in [0.25, 0.3) is 0 Å². The second-order valence-corrected chi connectivity index (χ2v) is 8.35. The van der Waals surface area contributed by atoms with E-state index in [-0.39, 0.29) is 24.3 Å². The largest absolute Gasteiger partial charge is 0.352 e. The molecule has 2 aromatic carbocycles. The highest BCUT2D eigenvalue weighted by Crippen LogP contribution is 2.21. The molecule has 0 heterocycles. The van der Waals surface area contributed by atoms with Gasteiger partial charge in [-0.1, -0.05) is 72.5 Å². The van der Waals surface area contributed by atoms with Crippen molar-refractivity contribution in [1.82, 2.24) is 10.2 Å². The minimum Gasteiger partial charge on any atom is -0.352 e. The molecule has 0 aliphatic heterocycles. The summed E-state index contributed by atoms with van der Waals surface area (Å²) in [4.78, 5) is 27.8. The van der Waals surface area contributed by atoms with Crippen LogP contribution in [-0.2, 0) is 22.6 Å². The Labute approximate surface area is 178 Å². The zero-order valence-electron chi connectivity index (χ0n) is 17.2. The average Bonchev–Trinajstić information content (AvgIpc) is 3.19. The van der Waals surface area contributed by atoms with Crippen LogP contribution in [0.4, 0.5) is 0 Å². The van der Waals surface area contributed by atoms with Crippen molar-refractivity contribution in [3.05, 3.63) is 70.2 Å². The Hall–Kier alpha value is -2.33. The number of amides is 2. The predicted octanol–water partition coefficient (Wildman–Crippen LogP) is 4.67. The summed E-state index contributed by atoms with van der Waals surface area (Å²) in [5, 5.41) is 3.72. The van der Waals surface area contributed by atoms with E-state index >= 15 is 0 Å². The molecule has 1 unspecified atom stereocenters. The zero-order valence-corrected chi connectivity index (χ0v) is 17.9. The van der Waals surface area contributed by atoms with Gasteiger partial charge >= 0.3 is 0 Å². The number of halogens is 1. The van der Waals surface area contributed by atoms with Gasteiger partial charge in [-0.3, -0.25) is 9.59 Å². The summed E-state index contributed by atoms with van der Waals surface area (Å²) in [6, 6.07) is 15.0. The summed E-state index contributed by atoms with van der Waals surface area (Å²) in [6.07, 6.45) is 4.58. The zero-order chi connectivity index (χ0) is 20.8. The van der Waals surface area contributed by atoms with E-state index in [1.54, 1.807) is 11.8 Å². The van der Waals surface area contributed by atoms with Gasteiger partial charge in [-0.2, -0.15) is 0 Å². The third-order valence-electron chi connectivity index (χ3n) is 5.61. The van der Waals surface area contributed by atoms with Crippen LogP contribution in [0.1, 0.15) is 49.3 Å². The smallest absolute Gasteiger partial charge is 0.242 e. The van der Waals surface area contributed by atoms with Crippen molar-refractivity contribution in [2.45, 2.75) is 64.6 Å². The van der Waals surface area contributed by atoms with Crippen molar-refractivity contribution < 1.29 is 9.59 Å². The highest BCUT2D eigenvalue weighted by atomic mass is 35.5. The van der Waals surface area contributed by atoms with E-state index in [9.17, 15) is 9.59 Å². The number of carbonyl (C=O) groups excluding carboxylic acids is 2. The van der Waals surface area contributed by atoms with Crippen molar-refractivity contribution >= 4 is 23.4 Å². The summed E-state index contributed by atoms with van der Waals surface area (Å²) in [5.41, 5.74) is 2.90. The third kappa shape index (κ3) is 5.83. The van der Waals surface area contributed by atoms with Crippen molar-refractivity contribution in [3.63, 3.8) is 0 Å². The molecule has 0 bridgehead atoms. The fourth-order valence-corrected chi connectivity index (χ4v) is 4.08. The Morgan fingerprint density at radius 3 is 2.55 bits per heavy atom. The number of hydrogen-bond acceptors (Lipinski definition) is 2. The van der Waals surface area contributed by atoms with Gasteiger partial charge in [0.05, 0.1) is 6.42 Å². The topological polar surface area (TPSA) is 49.4 Å². The van der Waals surface area contributed by atoms with E-state index in [2.05, 4.69) is 5.32 Å². The van der Waals surface area contributed by atoms with Gasteiger partial charge in [0.15, 0.2) is 0 Å². The predicted molar refractivity (Wildman–Crippen MR) is 117 cm³/mol.